The monoisotopic (exact) mass is 612 g/mol. The Morgan fingerprint density at radius 1 is 0.292 bits per heavy atom. The van der Waals surface area contributed by atoms with Crippen molar-refractivity contribution < 1.29 is 0 Å². The summed E-state index contributed by atoms with van der Waals surface area (Å²) in [5, 5.41) is 5.01. The van der Waals surface area contributed by atoms with Crippen molar-refractivity contribution in [1.29, 1.82) is 0 Å². The molecule has 0 bridgehead atoms. The van der Waals surface area contributed by atoms with E-state index in [2.05, 4.69) is 203 Å². The van der Waals surface area contributed by atoms with Crippen LogP contribution in [0.3, 0.4) is 0 Å². The van der Waals surface area contributed by atoms with Crippen molar-refractivity contribution in [3.63, 3.8) is 0 Å². The second-order valence-electron chi connectivity index (χ2n) is 12.2. The average molecular weight is 613 g/mol. The SMILES string of the molecule is C(=C(c1ccc(C(=Cc2ccccc2)n2c3ccccc3c3ccccc32)cc1)n1c2ccccc2c2ccccc21)c1ccccc1. The van der Waals surface area contributed by atoms with Gasteiger partial charge in [-0.15, -0.1) is 0 Å². The number of nitrogens with zero attached hydrogens (tertiary/aromatic N) is 2. The first-order valence-corrected chi connectivity index (χ1v) is 16.4. The predicted molar refractivity (Wildman–Crippen MR) is 205 cm³/mol. The Morgan fingerprint density at radius 2 is 0.562 bits per heavy atom. The third-order valence-corrected chi connectivity index (χ3v) is 9.32. The molecule has 0 atom stereocenters. The normalized spacial score (nSPS) is 12.4. The summed E-state index contributed by atoms with van der Waals surface area (Å²) < 4.78 is 4.83. The number of fused-ring (bicyclic) bond motifs is 6. The molecule has 0 spiro atoms. The summed E-state index contributed by atoms with van der Waals surface area (Å²) in [5.74, 6) is 0. The lowest BCUT2D eigenvalue weighted by Gasteiger charge is -2.17. The van der Waals surface area contributed by atoms with Crippen molar-refractivity contribution in [2.75, 3.05) is 0 Å². The molecule has 0 aliphatic carbocycles. The number of para-hydroxylation sites is 4. The van der Waals surface area contributed by atoms with Gasteiger partial charge in [-0.25, -0.2) is 0 Å². The van der Waals surface area contributed by atoms with E-state index in [0.29, 0.717) is 0 Å². The Labute approximate surface area is 279 Å². The number of rotatable bonds is 6. The number of benzene rings is 7. The summed E-state index contributed by atoms with van der Waals surface area (Å²) in [6.07, 6.45) is 4.61. The molecule has 0 amide bonds. The van der Waals surface area contributed by atoms with E-state index in [1.807, 2.05) is 0 Å². The molecule has 0 aliphatic rings. The van der Waals surface area contributed by atoms with Crippen LogP contribution in [0, 0.1) is 0 Å². The summed E-state index contributed by atoms with van der Waals surface area (Å²) in [4.78, 5) is 0. The van der Waals surface area contributed by atoms with Gasteiger partial charge in [0.2, 0.25) is 0 Å². The van der Waals surface area contributed by atoms with Crippen LogP contribution in [0.2, 0.25) is 0 Å². The fourth-order valence-electron chi connectivity index (χ4n) is 7.14. The van der Waals surface area contributed by atoms with Crippen LogP contribution >= 0.6 is 0 Å². The van der Waals surface area contributed by atoms with Crippen molar-refractivity contribution in [3.8, 4) is 0 Å². The molecule has 0 saturated carbocycles. The van der Waals surface area contributed by atoms with Gasteiger partial charge < -0.3 is 9.13 Å². The van der Waals surface area contributed by atoms with Crippen molar-refractivity contribution in [2.45, 2.75) is 0 Å². The maximum atomic E-state index is 2.42. The minimum atomic E-state index is 1.13. The summed E-state index contributed by atoms with van der Waals surface area (Å²) in [5.41, 5.74) is 11.7. The Kier molecular flexibility index (Phi) is 6.84. The van der Waals surface area contributed by atoms with E-state index < -0.39 is 0 Å². The fourth-order valence-corrected chi connectivity index (χ4v) is 7.14. The molecule has 226 valence electrons. The third-order valence-electron chi connectivity index (χ3n) is 9.32. The average Bonchev–Trinajstić information content (AvgIpc) is 3.67. The van der Waals surface area contributed by atoms with Crippen LogP contribution in [0.1, 0.15) is 22.3 Å². The zero-order valence-corrected chi connectivity index (χ0v) is 26.4. The van der Waals surface area contributed by atoms with E-state index in [4.69, 9.17) is 0 Å². The van der Waals surface area contributed by atoms with Gasteiger partial charge in [-0.2, -0.15) is 0 Å². The van der Waals surface area contributed by atoms with Gasteiger partial charge in [0.1, 0.15) is 0 Å². The molecule has 2 nitrogen and oxygen atoms in total. The molecule has 2 heteroatoms. The first kappa shape index (κ1) is 27.9. The summed E-state index contributed by atoms with van der Waals surface area (Å²) >= 11 is 0. The number of hydrogen-bond donors (Lipinski definition) is 0. The quantitative estimate of drug-likeness (QED) is 0.165. The van der Waals surface area contributed by atoms with Crippen LogP contribution in [0.15, 0.2) is 182 Å². The van der Waals surface area contributed by atoms with E-state index in [1.165, 1.54) is 43.6 Å². The van der Waals surface area contributed by atoms with Crippen LogP contribution in [-0.4, -0.2) is 9.13 Å². The van der Waals surface area contributed by atoms with Gasteiger partial charge in [-0.1, -0.05) is 158 Å². The minimum absolute atomic E-state index is 1.13. The van der Waals surface area contributed by atoms with Crippen molar-refractivity contribution in [3.05, 3.63) is 204 Å². The molecule has 9 rings (SSSR count). The molecule has 0 fully saturated rings. The Hall–Kier alpha value is -6.38. The lowest BCUT2D eigenvalue weighted by molar-refractivity contribution is 1.21. The second-order valence-corrected chi connectivity index (χ2v) is 12.2. The molecular weight excluding hydrogens is 581 g/mol. The smallest absolute Gasteiger partial charge is 0.0541 e. The van der Waals surface area contributed by atoms with Gasteiger partial charge in [0.05, 0.1) is 33.5 Å². The zero-order chi connectivity index (χ0) is 31.9. The Balaban J connectivity index is 1.27. The van der Waals surface area contributed by atoms with Gasteiger partial charge >= 0.3 is 0 Å². The van der Waals surface area contributed by atoms with Gasteiger partial charge in [0, 0.05) is 21.5 Å². The maximum absolute atomic E-state index is 2.42. The van der Waals surface area contributed by atoms with Gasteiger partial charge in [-0.05, 0) is 58.7 Å². The molecule has 0 unspecified atom stereocenters. The lowest BCUT2D eigenvalue weighted by Crippen LogP contribution is -2.02. The predicted octanol–water partition coefficient (Wildman–Crippen LogP) is 12.0. The molecule has 0 radical (unpaired) electrons. The highest BCUT2D eigenvalue weighted by Gasteiger charge is 2.18. The van der Waals surface area contributed by atoms with Crippen molar-refractivity contribution in [1.82, 2.24) is 9.13 Å². The standard InChI is InChI=1S/C46H32N2/c1-3-15-33(16-4-1)31-45(47-41-23-11-7-19-37(41)38-20-8-12-24-42(38)47)35-27-29-36(30-28-35)46(32-34-17-5-2-6-18-34)48-43-25-13-9-21-39(43)40-22-10-14-26-44(40)48/h1-32H. The van der Waals surface area contributed by atoms with E-state index in [-0.39, 0.29) is 0 Å². The van der Waals surface area contributed by atoms with Gasteiger partial charge in [0.15, 0.2) is 0 Å². The Bertz CT molecular complexity index is 2340. The van der Waals surface area contributed by atoms with Crippen molar-refractivity contribution in [2.24, 2.45) is 0 Å². The fraction of sp³-hybridized carbons (Fsp3) is 0. The summed E-state index contributed by atoms with van der Waals surface area (Å²) in [7, 11) is 0. The summed E-state index contributed by atoms with van der Waals surface area (Å²) in [6, 6.07) is 65.2. The molecular formula is C46H32N2. The molecule has 9 aromatic rings. The molecule has 2 aromatic heterocycles. The lowest BCUT2D eigenvalue weighted by atomic mass is 10.0. The maximum Gasteiger partial charge on any atom is 0.0541 e. The Morgan fingerprint density at radius 3 is 0.875 bits per heavy atom. The highest BCUT2D eigenvalue weighted by Crippen LogP contribution is 2.37. The second kappa shape index (κ2) is 11.8. The molecule has 7 aromatic carbocycles. The van der Waals surface area contributed by atoms with Crippen LogP contribution in [0.25, 0.3) is 67.2 Å². The van der Waals surface area contributed by atoms with Gasteiger partial charge in [-0.3, -0.25) is 0 Å². The zero-order valence-electron chi connectivity index (χ0n) is 26.4. The highest BCUT2D eigenvalue weighted by atomic mass is 15.0. The van der Waals surface area contributed by atoms with Crippen LogP contribution in [0.5, 0.6) is 0 Å². The molecule has 48 heavy (non-hydrogen) atoms. The first-order valence-electron chi connectivity index (χ1n) is 16.4. The third kappa shape index (κ3) is 4.74. The van der Waals surface area contributed by atoms with Gasteiger partial charge in [0.25, 0.3) is 0 Å². The topological polar surface area (TPSA) is 9.86 Å². The van der Waals surface area contributed by atoms with E-state index in [1.54, 1.807) is 0 Å². The van der Waals surface area contributed by atoms with E-state index >= 15 is 0 Å². The van der Waals surface area contributed by atoms with E-state index in [9.17, 15) is 0 Å². The van der Waals surface area contributed by atoms with Crippen molar-refractivity contribution >= 4 is 67.2 Å². The first-order chi connectivity index (χ1) is 23.8. The van der Waals surface area contributed by atoms with E-state index in [0.717, 1.165) is 33.6 Å². The molecule has 0 saturated heterocycles. The largest absolute Gasteiger partial charge is 0.309 e. The minimum Gasteiger partial charge on any atom is -0.309 e. The molecule has 2 heterocycles. The number of hydrogen-bond acceptors (Lipinski definition) is 0. The van der Waals surface area contributed by atoms with Crippen LogP contribution in [0.4, 0.5) is 0 Å². The molecule has 0 aliphatic heterocycles. The van der Waals surface area contributed by atoms with Crippen LogP contribution in [-0.2, 0) is 0 Å². The summed E-state index contributed by atoms with van der Waals surface area (Å²) in [6.45, 7) is 0. The molecule has 0 N–H and O–H groups in total. The highest BCUT2D eigenvalue weighted by molar-refractivity contribution is 6.13. The number of aromatic nitrogens is 2. The van der Waals surface area contributed by atoms with Crippen LogP contribution < -0.4 is 0 Å².